The van der Waals surface area contributed by atoms with Crippen LogP contribution in [-0.4, -0.2) is 20.5 Å². The van der Waals surface area contributed by atoms with Crippen LogP contribution in [0.1, 0.15) is 0 Å². The number of nitrogens with zero attached hydrogens (tertiary/aromatic N) is 3. The Morgan fingerprint density at radius 3 is 0.769 bits per heavy atom. The molecule has 0 amide bonds. The van der Waals surface area contributed by atoms with E-state index in [9.17, 15) is 0 Å². The third-order valence-electron chi connectivity index (χ3n) is 0. The average Bonchev–Trinajstić information content (AvgIpc) is 1.54. The van der Waals surface area contributed by atoms with Crippen LogP contribution < -0.4 is 0 Å². The molecule has 0 aromatic heterocycles. The zero-order valence-electron chi connectivity index (χ0n) is 5.55. The van der Waals surface area contributed by atoms with E-state index in [-0.39, 0.29) is 41.7 Å². The molecule has 0 radical (unpaired) electrons. The van der Waals surface area contributed by atoms with Crippen molar-refractivity contribution in [2.24, 2.45) is 0 Å². The Hall–Kier alpha value is -1.02. The Kier molecular flexibility index (Phi) is 30.0. The molecule has 0 unspecified atom stereocenters. The fraction of sp³-hybridized carbons (Fsp3) is 0. The van der Waals surface area contributed by atoms with Crippen molar-refractivity contribution in [3.8, 4) is 0 Å². The molecule has 0 heterocycles. The zero-order valence-corrected chi connectivity index (χ0v) is 8.69. The van der Waals surface area contributed by atoms with E-state index in [0.29, 0.717) is 0 Å². The number of hydrogen-bond donors (Lipinski definition) is 1. The Morgan fingerprint density at radius 1 is 0.769 bits per heavy atom. The van der Waals surface area contributed by atoms with E-state index in [2.05, 4.69) is 0 Å². The van der Waals surface area contributed by atoms with E-state index in [0.717, 1.165) is 0 Å². The molecule has 0 rings (SSSR count). The van der Waals surface area contributed by atoms with Crippen LogP contribution in [0.4, 0.5) is 0 Å². The molecule has 0 saturated carbocycles. The van der Waals surface area contributed by atoms with Crippen molar-refractivity contribution in [1.82, 2.24) is 0 Å². The maximum absolute atomic E-state index is 8.36. The average molecular weight is 327 g/mol. The van der Waals surface area contributed by atoms with Crippen molar-refractivity contribution in [3.05, 3.63) is 40.8 Å². The second-order valence-electron chi connectivity index (χ2n) is 0.685. The minimum atomic E-state index is -1.75. The first-order valence-corrected chi connectivity index (χ1v) is 1.66. The standard InChI is InChI=1S/Ce.HNO3.2NO3/c;3*2-1(3)4/h;(H,2,3,4);;/q;;2*-1. The summed E-state index contributed by atoms with van der Waals surface area (Å²) in [6, 6.07) is 0. The summed E-state index contributed by atoms with van der Waals surface area (Å²) in [7, 11) is 0. The van der Waals surface area contributed by atoms with E-state index >= 15 is 0 Å². The topological polar surface area (TPSA) is 196 Å². The van der Waals surface area contributed by atoms with Crippen LogP contribution >= 0.6 is 0 Å². The van der Waals surface area contributed by atoms with E-state index in [4.69, 9.17) is 46.0 Å². The van der Waals surface area contributed by atoms with Gasteiger partial charge >= 0.3 is 0 Å². The molecule has 76 valence electrons. The number of rotatable bonds is 0. The van der Waals surface area contributed by atoms with Crippen molar-refractivity contribution in [3.63, 3.8) is 0 Å². The van der Waals surface area contributed by atoms with E-state index < -0.39 is 15.3 Å². The van der Waals surface area contributed by atoms with E-state index in [1.807, 2.05) is 0 Å². The zero-order chi connectivity index (χ0) is 10.7. The smallest absolute Gasteiger partial charge is 0.291 e. The van der Waals surface area contributed by atoms with Gasteiger partial charge in [0.1, 0.15) is 0 Å². The summed E-state index contributed by atoms with van der Waals surface area (Å²) in [4.78, 5) is 24.9. The first-order valence-electron chi connectivity index (χ1n) is 1.66. The molecule has 13 heteroatoms. The first kappa shape index (κ1) is 22.7. The normalized spacial score (nSPS) is 5.54. The second-order valence-corrected chi connectivity index (χ2v) is 0.685. The van der Waals surface area contributed by atoms with Gasteiger partial charge in [-0.2, -0.15) is 0 Å². The van der Waals surface area contributed by atoms with Crippen LogP contribution in [-0.2, 0) is 0 Å². The van der Waals surface area contributed by atoms with Gasteiger partial charge in [0.15, 0.2) is 0 Å². The summed E-state index contributed by atoms with van der Waals surface area (Å²) in [6.07, 6.45) is 0. The molecule has 0 atom stereocenters. The van der Waals surface area contributed by atoms with Crippen molar-refractivity contribution < 1.29 is 62.2 Å². The van der Waals surface area contributed by atoms with Gasteiger partial charge in [0.05, 0.1) is 10.2 Å². The largest absolute Gasteiger partial charge is 0.356 e. The summed E-state index contributed by atoms with van der Waals surface area (Å²) in [5.74, 6) is 0. The Morgan fingerprint density at radius 2 is 0.769 bits per heavy atom. The molecule has 0 aliphatic carbocycles. The third kappa shape index (κ3) is 845. The van der Waals surface area contributed by atoms with Gasteiger partial charge < -0.3 is 35.9 Å². The monoisotopic (exact) mass is 327 g/mol. The summed E-state index contributed by atoms with van der Waals surface area (Å²) < 4.78 is 0. The van der Waals surface area contributed by atoms with Gasteiger partial charge in [-0.1, -0.05) is 0 Å². The van der Waals surface area contributed by atoms with Gasteiger partial charge in [-0.05, 0) is 0 Å². The summed E-state index contributed by atoms with van der Waals surface area (Å²) >= 11 is 0. The molecule has 1 N–H and O–H groups in total. The molecule has 0 aliphatic rings. The van der Waals surface area contributed by atoms with Crippen LogP contribution in [0, 0.1) is 82.5 Å². The fourth-order valence-electron chi connectivity index (χ4n) is 0. The molecule has 0 spiro atoms. The van der Waals surface area contributed by atoms with Gasteiger partial charge in [-0.3, -0.25) is 0 Å². The Bertz CT molecular complexity index is 112. The fourth-order valence-corrected chi connectivity index (χ4v) is 0. The predicted octanol–water partition coefficient (Wildman–Crippen LogP) is -0.826. The van der Waals surface area contributed by atoms with Crippen LogP contribution in [0.15, 0.2) is 0 Å². The molecular formula is HCeN3O9-2. The van der Waals surface area contributed by atoms with Gasteiger partial charge in [0.2, 0.25) is 0 Å². The molecule has 0 aliphatic heterocycles. The van der Waals surface area contributed by atoms with Crippen molar-refractivity contribution in [2.75, 3.05) is 0 Å². The SMILES string of the molecule is O=[N+]([O-])O.O=[N+]([O-])[O-].O=[N+]([O-])[O-].[Ce]. The molecule has 13 heavy (non-hydrogen) atoms. The van der Waals surface area contributed by atoms with Crippen molar-refractivity contribution >= 4 is 0 Å². The predicted molar refractivity (Wildman–Crippen MR) is 29.5 cm³/mol. The Balaban J connectivity index is -0.0000000450. The second kappa shape index (κ2) is 17.2. The van der Waals surface area contributed by atoms with Crippen LogP contribution in [0.25, 0.3) is 0 Å². The summed E-state index contributed by atoms with van der Waals surface area (Å²) in [5.41, 5.74) is 0. The third-order valence-corrected chi connectivity index (χ3v) is 0. The van der Waals surface area contributed by atoms with Gasteiger partial charge in [0, 0.05) is 41.7 Å². The summed E-state index contributed by atoms with van der Waals surface area (Å²) in [6.45, 7) is 0. The number of hydrogen-bond acceptors (Lipinski definition) is 8. The van der Waals surface area contributed by atoms with Gasteiger partial charge in [-0.15, -0.1) is 10.1 Å². The molecule has 0 aromatic rings. The molecule has 0 bridgehead atoms. The molecule has 12 nitrogen and oxygen atoms in total. The minimum Gasteiger partial charge on any atom is -0.356 e. The van der Waals surface area contributed by atoms with E-state index in [1.165, 1.54) is 0 Å². The first-order chi connectivity index (χ1) is 5.20. The Labute approximate surface area is 102 Å². The van der Waals surface area contributed by atoms with Gasteiger partial charge in [-0.25, -0.2) is 0 Å². The maximum Gasteiger partial charge on any atom is 0.291 e. The van der Waals surface area contributed by atoms with Crippen LogP contribution in [0.3, 0.4) is 0 Å². The van der Waals surface area contributed by atoms with Crippen molar-refractivity contribution in [2.45, 2.75) is 0 Å². The molecule has 0 saturated heterocycles. The molecule has 0 fully saturated rings. The van der Waals surface area contributed by atoms with Crippen molar-refractivity contribution in [1.29, 1.82) is 0 Å². The van der Waals surface area contributed by atoms with Crippen LogP contribution in [0.2, 0.25) is 0 Å². The quantitative estimate of drug-likeness (QED) is 0.436. The molecule has 0 aromatic carbocycles. The van der Waals surface area contributed by atoms with E-state index in [1.54, 1.807) is 0 Å². The summed E-state index contributed by atoms with van der Waals surface area (Å²) in [5, 5.41) is 43.1. The molecular weight excluding hydrogens is 326 g/mol. The minimum absolute atomic E-state index is 0. The maximum atomic E-state index is 8.36. The van der Waals surface area contributed by atoms with Gasteiger partial charge in [0.25, 0.3) is 5.09 Å². The van der Waals surface area contributed by atoms with Crippen LogP contribution in [0.5, 0.6) is 0 Å².